The van der Waals surface area contributed by atoms with E-state index in [-0.39, 0.29) is 5.54 Å². The Bertz CT molecular complexity index is 495. The van der Waals surface area contributed by atoms with Crippen LogP contribution in [0.4, 0.5) is 17.8 Å². The minimum atomic E-state index is 0.130. The number of hydrogen-bond acceptors (Lipinski definition) is 6. The second-order valence-corrected chi connectivity index (χ2v) is 6.62. The van der Waals surface area contributed by atoms with Gasteiger partial charge in [0.25, 0.3) is 0 Å². The third kappa shape index (κ3) is 2.89. The minimum absolute atomic E-state index is 0.130. The van der Waals surface area contributed by atoms with E-state index in [0.29, 0.717) is 5.95 Å². The van der Waals surface area contributed by atoms with Gasteiger partial charge in [0.15, 0.2) is 0 Å². The van der Waals surface area contributed by atoms with E-state index in [1.165, 1.54) is 32.1 Å². The Morgan fingerprint density at radius 2 is 1.62 bits per heavy atom. The molecule has 2 aliphatic heterocycles. The first-order valence-electron chi connectivity index (χ1n) is 8.06. The maximum atomic E-state index is 4.77. The molecule has 0 aliphatic carbocycles. The van der Waals surface area contributed by atoms with Crippen LogP contribution >= 0.6 is 0 Å². The lowest BCUT2D eigenvalue weighted by Crippen LogP contribution is -2.40. The van der Waals surface area contributed by atoms with E-state index in [1.54, 1.807) is 0 Å². The lowest BCUT2D eigenvalue weighted by molar-refractivity contribution is 0.508. The highest BCUT2D eigenvalue weighted by Gasteiger charge is 2.34. The molecule has 3 heterocycles. The standard InChI is InChI=1S/C15H26N6/c1-15(2)8-7-11-21(15)14-18-12(16-3)17-13(19-14)20-9-5-4-6-10-20/h4-11H2,1-3H3,(H,16,17,18,19). The molecule has 2 fully saturated rings. The van der Waals surface area contributed by atoms with Crippen molar-refractivity contribution in [1.82, 2.24) is 15.0 Å². The molecule has 3 rings (SSSR count). The van der Waals surface area contributed by atoms with Crippen LogP contribution in [-0.2, 0) is 0 Å². The average Bonchev–Trinajstić information content (AvgIpc) is 2.87. The molecule has 21 heavy (non-hydrogen) atoms. The number of nitrogens with one attached hydrogen (secondary N) is 1. The van der Waals surface area contributed by atoms with Crippen molar-refractivity contribution >= 4 is 17.8 Å². The molecule has 1 aromatic heterocycles. The monoisotopic (exact) mass is 290 g/mol. The van der Waals surface area contributed by atoms with Crippen molar-refractivity contribution in [2.45, 2.75) is 51.5 Å². The highest BCUT2D eigenvalue weighted by Crippen LogP contribution is 2.32. The van der Waals surface area contributed by atoms with Crippen LogP contribution in [0.3, 0.4) is 0 Å². The zero-order valence-corrected chi connectivity index (χ0v) is 13.4. The van der Waals surface area contributed by atoms with Crippen molar-refractivity contribution in [2.75, 3.05) is 41.8 Å². The van der Waals surface area contributed by atoms with Gasteiger partial charge in [-0.15, -0.1) is 0 Å². The first kappa shape index (κ1) is 14.4. The Kier molecular flexibility index (Phi) is 3.87. The van der Waals surface area contributed by atoms with Gasteiger partial charge in [0.2, 0.25) is 17.8 Å². The third-order valence-corrected chi connectivity index (χ3v) is 4.62. The number of rotatable bonds is 3. The zero-order chi connectivity index (χ0) is 14.9. The highest BCUT2D eigenvalue weighted by molar-refractivity contribution is 5.47. The van der Waals surface area contributed by atoms with Gasteiger partial charge < -0.3 is 15.1 Å². The molecule has 2 aliphatic rings. The SMILES string of the molecule is CNc1nc(N2CCCCC2)nc(N2CCCC2(C)C)n1. The van der Waals surface area contributed by atoms with Crippen molar-refractivity contribution in [3.63, 3.8) is 0 Å². The van der Waals surface area contributed by atoms with E-state index in [2.05, 4.69) is 38.9 Å². The Balaban J connectivity index is 1.93. The molecule has 6 heteroatoms. The van der Waals surface area contributed by atoms with Crippen LogP contribution in [0, 0.1) is 0 Å². The number of piperidine rings is 1. The molecule has 6 nitrogen and oxygen atoms in total. The fraction of sp³-hybridized carbons (Fsp3) is 0.800. The molecule has 0 radical (unpaired) electrons. The van der Waals surface area contributed by atoms with Crippen LogP contribution in [0.15, 0.2) is 0 Å². The Morgan fingerprint density at radius 1 is 0.905 bits per heavy atom. The summed E-state index contributed by atoms with van der Waals surface area (Å²) < 4.78 is 0. The van der Waals surface area contributed by atoms with Crippen LogP contribution in [-0.4, -0.2) is 47.2 Å². The summed E-state index contributed by atoms with van der Waals surface area (Å²) in [5, 5.41) is 3.08. The van der Waals surface area contributed by atoms with Gasteiger partial charge in [-0.3, -0.25) is 0 Å². The van der Waals surface area contributed by atoms with Gasteiger partial charge >= 0.3 is 0 Å². The van der Waals surface area contributed by atoms with Gasteiger partial charge in [-0.05, 0) is 46.0 Å². The summed E-state index contributed by atoms with van der Waals surface area (Å²) >= 11 is 0. The first-order valence-corrected chi connectivity index (χ1v) is 8.06. The Hall–Kier alpha value is -1.59. The fourth-order valence-corrected chi connectivity index (χ4v) is 3.30. The summed E-state index contributed by atoms with van der Waals surface area (Å²) in [6.07, 6.45) is 6.15. The molecule has 0 unspecified atom stereocenters. The topological polar surface area (TPSA) is 57.2 Å². The van der Waals surface area contributed by atoms with Gasteiger partial charge in [-0.1, -0.05) is 0 Å². The van der Waals surface area contributed by atoms with Gasteiger partial charge in [0.1, 0.15) is 0 Å². The summed E-state index contributed by atoms with van der Waals surface area (Å²) in [6, 6.07) is 0. The summed E-state index contributed by atoms with van der Waals surface area (Å²) in [7, 11) is 1.87. The van der Waals surface area contributed by atoms with Crippen molar-refractivity contribution in [3.05, 3.63) is 0 Å². The average molecular weight is 290 g/mol. The van der Waals surface area contributed by atoms with E-state index >= 15 is 0 Å². The predicted molar refractivity (Wildman–Crippen MR) is 86.1 cm³/mol. The molecular formula is C15H26N6. The van der Waals surface area contributed by atoms with Crippen molar-refractivity contribution < 1.29 is 0 Å². The van der Waals surface area contributed by atoms with Crippen LogP contribution in [0.25, 0.3) is 0 Å². The molecule has 2 saturated heterocycles. The summed E-state index contributed by atoms with van der Waals surface area (Å²) in [5.41, 5.74) is 0.130. The van der Waals surface area contributed by atoms with E-state index in [1.807, 2.05) is 7.05 Å². The normalized spacial score (nSPS) is 21.7. The number of aromatic nitrogens is 3. The lowest BCUT2D eigenvalue weighted by Gasteiger charge is -2.33. The third-order valence-electron chi connectivity index (χ3n) is 4.62. The Labute approximate surface area is 127 Å². The maximum Gasteiger partial charge on any atom is 0.232 e. The largest absolute Gasteiger partial charge is 0.357 e. The van der Waals surface area contributed by atoms with E-state index < -0.39 is 0 Å². The fourth-order valence-electron chi connectivity index (χ4n) is 3.30. The first-order chi connectivity index (χ1) is 10.1. The summed E-state index contributed by atoms with van der Waals surface area (Å²) in [4.78, 5) is 18.5. The quantitative estimate of drug-likeness (QED) is 0.921. The number of nitrogens with zero attached hydrogens (tertiary/aromatic N) is 5. The summed E-state index contributed by atoms with van der Waals surface area (Å²) in [6.45, 7) is 7.67. The molecule has 1 aromatic rings. The molecule has 0 saturated carbocycles. The summed E-state index contributed by atoms with van der Waals surface area (Å²) in [5.74, 6) is 2.31. The molecule has 0 atom stereocenters. The molecule has 1 N–H and O–H groups in total. The van der Waals surface area contributed by atoms with Crippen molar-refractivity contribution in [1.29, 1.82) is 0 Å². The molecule has 116 valence electrons. The minimum Gasteiger partial charge on any atom is -0.357 e. The van der Waals surface area contributed by atoms with Crippen LogP contribution < -0.4 is 15.1 Å². The van der Waals surface area contributed by atoms with Gasteiger partial charge in [-0.25, -0.2) is 0 Å². The van der Waals surface area contributed by atoms with Crippen LogP contribution in [0.2, 0.25) is 0 Å². The number of anilines is 3. The second kappa shape index (κ2) is 5.66. The highest BCUT2D eigenvalue weighted by atomic mass is 15.4. The van der Waals surface area contributed by atoms with Gasteiger partial charge in [-0.2, -0.15) is 15.0 Å². The Morgan fingerprint density at radius 3 is 2.24 bits per heavy atom. The molecule has 0 amide bonds. The smallest absolute Gasteiger partial charge is 0.232 e. The van der Waals surface area contributed by atoms with E-state index in [0.717, 1.165) is 31.5 Å². The molecule has 0 spiro atoms. The van der Waals surface area contributed by atoms with Crippen LogP contribution in [0.1, 0.15) is 46.0 Å². The maximum absolute atomic E-state index is 4.77. The molecule has 0 bridgehead atoms. The second-order valence-electron chi connectivity index (χ2n) is 6.62. The van der Waals surface area contributed by atoms with Crippen molar-refractivity contribution in [2.24, 2.45) is 0 Å². The molecular weight excluding hydrogens is 264 g/mol. The predicted octanol–water partition coefficient (Wildman–Crippen LogP) is 2.28. The van der Waals surface area contributed by atoms with E-state index in [4.69, 9.17) is 4.98 Å². The van der Waals surface area contributed by atoms with Crippen LogP contribution in [0.5, 0.6) is 0 Å². The van der Waals surface area contributed by atoms with Gasteiger partial charge in [0, 0.05) is 32.2 Å². The molecule has 0 aromatic carbocycles. The number of hydrogen-bond donors (Lipinski definition) is 1. The lowest BCUT2D eigenvalue weighted by atomic mass is 10.0. The van der Waals surface area contributed by atoms with Gasteiger partial charge in [0.05, 0.1) is 0 Å². The van der Waals surface area contributed by atoms with E-state index in [9.17, 15) is 0 Å². The van der Waals surface area contributed by atoms with Crippen molar-refractivity contribution in [3.8, 4) is 0 Å². The zero-order valence-electron chi connectivity index (χ0n) is 13.4.